The highest BCUT2D eigenvalue weighted by atomic mass is 127. The largest absolute Gasteiger partial charge is 0.357 e. The van der Waals surface area contributed by atoms with Crippen molar-refractivity contribution in [1.29, 1.82) is 0 Å². The van der Waals surface area contributed by atoms with Gasteiger partial charge in [0, 0.05) is 23.7 Å². The van der Waals surface area contributed by atoms with Crippen LogP contribution < -0.4 is 10.6 Å². The van der Waals surface area contributed by atoms with Crippen molar-refractivity contribution in [3.8, 4) is 0 Å². The van der Waals surface area contributed by atoms with Gasteiger partial charge in [-0.25, -0.2) is 18.4 Å². The highest BCUT2D eigenvalue weighted by Crippen LogP contribution is 2.17. The molecule has 0 bridgehead atoms. The lowest BCUT2D eigenvalue weighted by Gasteiger charge is -2.17. The summed E-state index contributed by atoms with van der Waals surface area (Å²) in [6.45, 7) is 9.27. The summed E-state index contributed by atoms with van der Waals surface area (Å²) in [6.07, 6.45) is 1.82. The number of halogens is 1. The second-order valence-electron chi connectivity index (χ2n) is 5.40. The van der Waals surface area contributed by atoms with E-state index in [9.17, 15) is 8.42 Å². The van der Waals surface area contributed by atoms with E-state index in [1.807, 2.05) is 27.7 Å². The zero-order chi connectivity index (χ0) is 16.8. The molecule has 0 aliphatic rings. The van der Waals surface area contributed by atoms with Gasteiger partial charge in [-0.2, -0.15) is 0 Å². The maximum absolute atomic E-state index is 11.2. The number of aryl methyl sites for hydroxylation is 2. The van der Waals surface area contributed by atoms with Crippen LogP contribution in [-0.4, -0.2) is 44.0 Å². The second kappa shape index (κ2) is 10.4. The molecule has 0 aliphatic carbocycles. The lowest BCUT2D eigenvalue weighted by atomic mass is 10.3. The number of guanidine groups is 1. The number of hydrogen-bond donors (Lipinski definition) is 2. The van der Waals surface area contributed by atoms with Crippen molar-refractivity contribution >= 4 is 51.1 Å². The Balaban J connectivity index is 0.00000484. The predicted molar refractivity (Wildman–Crippen MR) is 109 cm³/mol. The number of sulfone groups is 1. The average molecular weight is 474 g/mol. The summed E-state index contributed by atoms with van der Waals surface area (Å²) in [6, 6.07) is 0.0387. The quantitative estimate of drug-likeness (QED) is 0.360. The molecule has 1 unspecified atom stereocenters. The van der Waals surface area contributed by atoms with E-state index in [-0.39, 0.29) is 35.8 Å². The molecule has 0 fully saturated rings. The SMILES string of the molecule is CCNC(=NCc1sc(C)nc1C)NC(C)CCS(C)(=O)=O.I. The molecule has 0 aliphatic heterocycles. The van der Waals surface area contributed by atoms with Crippen molar-refractivity contribution in [1.82, 2.24) is 15.6 Å². The first-order chi connectivity index (χ1) is 10.2. The zero-order valence-corrected chi connectivity index (χ0v) is 18.3. The van der Waals surface area contributed by atoms with Crippen LogP contribution in [0.1, 0.15) is 35.8 Å². The van der Waals surface area contributed by atoms with E-state index in [0.29, 0.717) is 18.9 Å². The molecule has 6 nitrogen and oxygen atoms in total. The molecule has 0 saturated carbocycles. The summed E-state index contributed by atoms with van der Waals surface area (Å²) in [5.74, 6) is 0.877. The molecule has 134 valence electrons. The number of thiazole rings is 1. The molecule has 0 aromatic carbocycles. The minimum absolute atomic E-state index is 0. The monoisotopic (exact) mass is 474 g/mol. The Morgan fingerprint density at radius 2 is 2.04 bits per heavy atom. The van der Waals surface area contributed by atoms with Crippen LogP contribution in [0, 0.1) is 13.8 Å². The van der Waals surface area contributed by atoms with Crippen molar-refractivity contribution in [3.63, 3.8) is 0 Å². The third-order valence-electron chi connectivity index (χ3n) is 3.03. The van der Waals surface area contributed by atoms with Crippen LogP contribution in [0.5, 0.6) is 0 Å². The summed E-state index contributed by atoms with van der Waals surface area (Å²) in [4.78, 5) is 10.1. The van der Waals surface area contributed by atoms with E-state index < -0.39 is 9.84 Å². The molecule has 9 heteroatoms. The van der Waals surface area contributed by atoms with Gasteiger partial charge in [0.1, 0.15) is 9.84 Å². The molecule has 1 aromatic heterocycles. The standard InChI is InChI=1S/C14H26N4O2S2.HI/c1-6-15-14(17-10(2)7-8-22(5,19)20)16-9-13-11(3)18-12(4)21-13;/h10H,6-9H2,1-5H3,(H2,15,16,17);1H. The lowest BCUT2D eigenvalue weighted by molar-refractivity contribution is 0.581. The number of aliphatic imine (C=N–C) groups is 1. The van der Waals surface area contributed by atoms with E-state index in [4.69, 9.17) is 0 Å². The van der Waals surface area contributed by atoms with Crippen molar-refractivity contribution < 1.29 is 8.42 Å². The van der Waals surface area contributed by atoms with Gasteiger partial charge in [-0.05, 0) is 34.1 Å². The third kappa shape index (κ3) is 9.46. The van der Waals surface area contributed by atoms with Gasteiger partial charge in [-0.1, -0.05) is 0 Å². The van der Waals surface area contributed by atoms with Crippen LogP contribution >= 0.6 is 35.3 Å². The van der Waals surface area contributed by atoms with Gasteiger partial charge in [-0.3, -0.25) is 0 Å². The van der Waals surface area contributed by atoms with E-state index >= 15 is 0 Å². The van der Waals surface area contributed by atoms with Gasteiger partial charge >= 0.3 is 0 Å². The molecule has 2 N–H and O–H groups in total. The first-order valence-electron chi connectivity index (χ1n) is 7.36. The normalized spacial score (nSPS) is 13.3. The van der Waals surface area contributed by atoms with E-state index in [1.54, 1.807) is 11.3 Å². The molecule has 23 heavy (non-hydrogen) atoms. The molecule has 1 atom stereocenters. The Hall–Kier alpha value is -0.420. The zero-order valence-electron chi connectivity index (χ0n) is 14.3. The smallest absolute Gasteiger partial charge is 0.191 e. The first kappa shape index (κ1) is 22.6. The van der Waals surface area contributed by atoms with Gasteiger partial charge in [0.15, 0.2) is 5.96 Å². The number of aromatic nitrogens is 1. The van der Waals surface area contributed by atoms with Crippen LogP contribution in [-0.2, 0) is 16.4 Å². The summed E-state index contributed by atoms with van der Waals surface area (Å²) in [5.41, 5.74) is 1.02. The van der Waals surface area contributed by atoms with E-state index in [1.165, 1.54) is 6.26 Å². The van der Waals surface area contributed by atoms with Gasteiger partial charge < -0.3 is 10.6 Å². The Bertz CT molecular complexity index is 614. The first-order valence-corrected chi connectivity index (χ1v) is 10.2. The Kier molecular flexibility index (Phi) is 10.3. The maximum Gasteiger partial charge on any atom is 0.191 e. The summed E-state index contributed by atoms with van der Waals surface area (Å²) < 4.78 is 22.4. The van der Waals surface area contributed by atoms with Gasteiger partial charge in [0.05, 0.1) is 23.0 Å². The van der Waals surface area contributed by atoms with E-state index in [0.717, 1.165) is 22.1 Å². The fourth-order valence-electron chi connectivity index (χ4n) is 1.89. The van der Waals surface area contributed by atoms with Crippen LogP contribution in [0.2, 0.25) is 0 Å². The summed E-state index contributed by atoms with van der Waals surface area (Å²) >= 11 is 1.65. The van der Waals surface area contributed by atoms with Crippen LogP contribution in [0.3, 0.4) is 0 Å². The Labute approximate surface area is 160 Å². The number of rotatable bonds is 7. The minimum Gasteiger partial charge on any atom is -0.357 e. The second-order valence-corrected chi connectivity index (χ2v) is 8.95. The molecule has 0 spiro atoms. The van der Waals surface area contributed by atoms with Crippen LogP contribution in [0.25, 0.3) is 0 Å². The molecule has 1 rings (SSSR count). The highest BCUT2D eigenvalue weighted by Gasteiger charge is 2.10. The predicted octanol–water partition coefficient (Wildman–Crippen LogP) is 2.26. The molecular formula is C14H27IN4O2S2. The summed E-state index contributed by atoms with van der Waals surface area (Å²) in [7, 11) is -2.93. The third-order valence-corrected chi connectivity index (χ3v) is 5.06. The number of nitrogens with zero attached hydrogens (tertiary/aromatic N) is 2. The van der Waals surface area contributed by atoms with Crippen LogP contribution in [0.15, 0.2) is 4.99 Å². The summed E-state index contributed by atoms with van der Waals surface area (Å²) in [5, 5.41) is 7.47. The topological polar surface area (TPSA) is 83.4 Å². The molecular weight excluding hydrogens is 447 g/mol. The maximum atomic E-state index is 11.2. The van der Waals surface area contributed by atoms with Gasteiger partial charge in [-0.15, -0.1) is 35.3 Å². The van der Waals surface area contributed by atoms with Crippen molar-refractivity contribution in [2.75, 3.05) is 18.6 Å². The Morgan fingerprint density at radius 3 is 2.52 bits per heavy atom. The van der Waals surface area contributed by atoms with Gasteiger partial charge in [0.25, 0.3) is 0 Å². The fourth-order valence-corrected chi connectivity index (χ4v) is 3.53. The van der Waals surface area contributed by atoms with Crippen LogP contribution in [0.4, 0.5) is 0 Å². The van der Waals surface area contributed by atoms with E-state index in [2.05, 4.69) is 20.6 Å². The highest BCUT2D eigenvalue weighted by molar-refractivity contribution is 14.0. The molecule has 0 radical (unpaired) electrons. The average Bonchev–Trinajstić information content (AvgIpc) is 2.71. The molecule has 0 saturated heterocycles. The Morgan fingerprint density at radius 1 is 1.39 bits per heavy atom. The minimum atomic E-state index is -2.93. The lowest BCUT2D eigenvalue weighted by Crippen LogP contribution is -2.42. The fraction of sp³-hybridized carbons (Fsp3) is 0.714. The molecule has 0 amide bonds. The number of hydrogen-bond acceptors (Lipinski definition) is 5. The number of nitrogens with one attached hydrogen (secondary N) is 2. The van der Waals surface area contributed by atoms with Gasteiger partial charge in [0.2, 0.25) is 0 Å². The molecule has 1 heterocycles. The van der Waals surface area contributed by atoms with Crippen molar-refractivity contribution in [2.45, 2.75) is 46.7 Å². The van der Waals surface area contributed by atoms with Crippen molar-refractivity contribution in [3.05, 3.63) is 15.6 Å². The van der Waals surface area contributed by atoms with Crippen molar-refractivity contribution in [2.24, 2.45) is 4.99 Å². The molecule has 1 aromatic rings.